The molecular weight excluding hydrogens is 536 g/mol. The molecule has 3 aromatic rings. The smallest absolute Gasteiger partial charge is 0.158 e. The highest BCUT2D eigenvalue weighted by Crippen LogP contribution is 2.53. The number of rotatable bonds is 5. The molecule has 1 aliphatic heterocycles. The molecule has 9 nitrogen and oxygen atoms in total. The van der Waals surface area contributed by atoms with Crippen LogP contribution in [0.5, 0.6) is 0 Å². The molecule has 1 fully saturated rings. The van der Waals surface area contributed by atoms with Crippen molar-refractivity contribution < 1.29 is 4.21 Å². The molecule has 0 radical (unpaired) electrons. The molecule has 1 saturated heterocycles. The summed E-state index contributed by atoms with van der Waals surface area (Å²) in [5.41, 5.74) is 15.0. The molecule has 2 aliphatic rings. The summed E-state index contributed by atoms with van der Waals surface area (Å²) in [6.07, 6.45) is 6.17. The fraction of sp³-hybridized carbons (Fsp3) is 0.478. The monoisotopic (exact) mass is 564 g/mol. The third-order valence-corrected chi connectivity index (χ3v) is 10.8. The normalized spacial score (nSPS) is 20.0. The standard InChI is InChI=1S/C23H29ClN8OS3/c1-22(2,3)36(33)31-18-17-14(34-12-29-17)10-23(18)5-8-32(9-6-23)15-11-28-21(20(26)30-15)35-13-4-7-27-19(25)16(13)24/h4,7,11-12,18,31H,5-6,8-10H2,1-3H3,(H2,25,27)(H2,26,30)/t18-,36+/m1/s1. The molecule has 4 heterocycles. The summed E-state index contributed by atoms with van der Waals surface area (Å²) in [5.74, 6) is 1.36. The number of halogens is 1. The van der Waals surface area contributed by atoms with E-state index in [9.17, 15) is 4.21 Å². The third-order valence-electron chi connectivity index (χ3n) is 6.77. The van der Waals surface area contributed by atoms with Crippen LogP contribution < -0.4 is 21.1 Å². The number of hydrogen-bond acceptors (Lipinski definition) is 10. The van der Waals surface area contributed by atoms with Gasteiger partial charge < -0.3 is 16.4 Å². The number of nitrogens with two attached hydrogens (primary N) is 2. The lowest BCUT2D eigenvalue weighted by Crippen LogP contribution is -2.48. The third kappa shape index (κ3) is 4.81. The van der Waals surface area contributed by atoms with Crippen LogP contribution in [0.15, 0.2) is 33.9 Å². The highest BCUT2D eigenvalue weighted by Gasteiger charge is 2.50. The first kappa shape index (κ1) is 25.7. The van der Waals surface area contributed by atoms with E-state index in [1.165, 1.54) is 16.6 Å². The summed E-state index contributed by atoms with van der Waals surface area (Å²) in [4.78, 5) is 22.1. The number of fused-ring (bicyclic) bond motifs is 1. The number of pyridine rings is 1. The number of nitrogens with zero attached hydrogens (tertiary/aromatic N) is 5. The average Bonchev–Trinajstić information content (AvgIpc) is 3.38. The second-order valence-electron chi connectivity index (χ2n) is 10.1. The van der Waals surface area contributed by atoms with E-state index in [1.54, 1.807) is 29.8 Å². The van der Waals surface area contributed by atoms with Crippen LogP contribution in [0, 0.1) is 5.41 Å². The van der Waals surface area contributed by atoms with Gasteiger partial charge in [-0.1, -0.05) is 23.4 Å². The van der Waals surface area contributed by atoms with Gasteiger partial charge in [-0.15, -0.1) is 11.3 Å². The minimum absolute atomic E-state index is 0.0143. The topological polar surface area (TPSA) is 136 Å². The van der Waals surface area contributed by atoms with Crippen LogP contribution in [-0.2, 0) is 17.4 Å². The number of thiazole rings is 1. The molecule has 13 heteroatoms. The maximum Gasteiger partial charge on any atom is 0.158 e. The molecular formula is C23H29ClN8OS3. The molecule has 0 aromatic carbocycles. The lowest BCUT2D eigenvalue weighted by molar-refractivity contribution is 0.176. The van der Waals surface area contributed by atoms with Crippen molar-refractivity contribution in [2.45, 2.75) is 60.7 Å². The van der Waals surface area contributed by atoms with Gasteiger partial charge in [-0.05, 0) is 46.1 Å². The predicted octanol–water partition coefficient (Wildman–Crippen LogP) is 4.23. The number of nitrogen functional groups attached to an aromatic ring is 2. The number of anilines is 3. The van der Waals surface area contributed by atoms with Crippen LogP contribution in [0.3, 0.4) is 0 Å². The average molecular weight is 565 g/mol. The van der Waals surface area contributed by atoms with Crippen molar-refractivity contribution in [1.29, 1.82) is 0 Å². The first-order valence-corrected chi connectivity index (χ1v) is 14.9. The number of hydrogen-bond donors (Lipinski definition) is 3. The molecule has 192 valence electrons. The van der Waals surface area contributed by atoms with Crippen molar-refractivity contribution in [2.24, 2.45) is 5.41 Å². The van der Waals surface area contributed by atoms with Gasteiger partial charge in [0.2, 0.25) is 0 Å². The Balaban J connectivity index is 1.30. The van der Waals surface area contributed by atoms with Gasteiger partial charge in [0.1, 0.15) is 16.7 Å². The Morgan fingerprint density at radius 3 is 2.67 bits per heavy atom. The molecule has 5 N–H and O–H groups in total. The molecule has 0 unspecified atom stereocenters. The maximum absolute atomic E-state index is 13.0. The molecule has 0 saturated carbocycles. The van der Waals surface area contributed by atoms with Crippen LogP contribution in [-0.4, -0.2) is 42.0 Å². The Hall–Kier alpha value is -1.99. The van der Waals surface area contributed by atoms with E-state index in [0.717, 1.165) is 48.8 Å². The van der Waals surface area contributed by atoms with Crippen molar-refractivity contribution in [1.82, 2.24) is 24.7 Å². The van der Waals surface area contributed by atoms with Crippen molar-refractivity contribution in [3.05, 3.63) is 39.6 Å². The van der Waals surface area contributed by atoms with Crippen molar-refractivity contribution in [2.75, 3.05) is 29.5 Å². The van der Waals surface area contributed by atoms with E-state index in [2.05, 4.69) is 29.6 Å². The summed E-state index contributed by atoms with van der Waals surface area (Å²) in [6, 6.07) is 1.75. The summed E-state index contributed by atoms with van der Waals surface area (Å²) in [6.45, 7) is 7.59. The lowest BCUT2D eigenvalue weighted by Gasteiger charge is -2.43. The number of piperidine rings is 1. The van der Waals surface area contributed by atoms with Gasteiger partial charge in [-0.3, -0.25) is 0 Å². The Labute approximate surface area is 226 Å². The van der Waals surface area contributed by atoms with E-state index in [-0.39, 0.29) is 22.0 Å². The van der Waals surface area contributed by atoms with Gasteiger partial charge >= 0.3 is 0 Å². The second-order valence-corrected chi connectivity index (χ2v) is 14.5. The highest BCUT2D eigenvalue weighted by molar-refractivity contribution is 7.99. The van der Waals surface area contributed by atoms with Gasteiger partial charge in [0.15, 0.2) is 5.82 Å². The van der Waals surface area contributed by atoms with Gasteiger partial charge in [0.25, 0.3) is 0 Å². The zero-order valence-corrected chi connectivity index (χ0v) is 23.5. The predicted molar refractivity (Wildman–Crippen MR) is 148 cm³/mol. The summed E-state index contributed by atoms with van der Waals surface area (Å²) >= 11 is 9.28. The molecule has 2 atom stereocenters. The summed E-state index contributed by atoms with van der Waals surface area (Å²) in [7, 11) is -1.18. The fourth-order valence-corrected chi connectivity index (χ4v) is 7.61. The molecule has 1 aliphatic carbocycles. The zero-order valence-electron chi connectivity index (χ0n) is 20.3. The van der Waals surface area contributed by atoms with E-state index in [1.807, 2.05) is 26.3 Å². The van der Waals surface area contributed by atoms with Crippen molar-refractivity contribution in [3.63, 3.8) is 0 Å². The molecule has 3 aromatic heterocycles. The fourth-order valence-electron chi connectivity index (χ4n) is 4.71. The van der Waals surface area contributed by atoms with E-state index < -0.39 is 11.0 Å². The Morgan fingerprint density at radius 2 is 1.97 bits per heavy atom. The highest BCUT2D eigenvalue weighted by atomic mass is 35.5. The van der Waals surface area contributed by atoms with Gasteiger partial charge in [0.05, 0.1) is 44.2 Å². The summed E-state index contributed by atoms with van der Waals surface area (Å²) in [5, 5.41) is 0.948. The molecule has 1 spiro atoms. The van der Waals surface area contributed by atoms with Crippen LogP contribution in [0.2, 0.25) is 5.02 Å². The number of aromatic nitrogens is 4. The zero-order chi connectivity index (χ0) is 25.7. The van der Waals surface area contributed by atoms with Crippen LogP contribution in [0.1, 0.15) is 50.2 Å². The molecule has 5 rings (SSSR count). The SMILES string of the molecule is CC(C)(C)[S@](=O)N[C@@H]1c2ncsc2CC12CCN(c1cnc(Sc3ccnc(N)c3Cl)c(N)n1)CC2. The minimum atomic E-state index is -1.18. The van der Waals surface area contributed by atoms with Gasteiger partial charge in [-0.2, -0.15) is 0 Å². The maximum atomic E-state index is 13.0. The van der Waals surface area contributed by atoms with Crippen molar-refractivity contribution in [3.8, 4) is 0 Å². The Morgan fingerprint density at radius 1 is 1.22 bits per heavy atom. The molecule has 0 bridgehead atoms. The van der Waals surface area contributed by atoms with Crippen LogP contribution in [0.4, 0.5) is 17.5 Å². The second kappa shape index (κ2) is 9.71. The summed E-state index contributed by atoms with van der Waals surface area (Å²) < 4.78 is 16.1. The van der Waals surface area contributed by atoms with Gasteiger partial charge in [-0.25, -0.2) is 28.9 Å². The van der Waals surface area contributed by atoms with Gasteiger partial charge in [0, 0.05) is 34.5 Å². The van der Waals surface area contributed by atoms with E-state index in [4.69, 9.17) is 23.1 Å². The van der Waals surface area contributed by atoms with E-state index in [0.29, 0.717) is 15.9 Å². The lowest BCUT2D eigenvalue weighted by atomic mass is 9.73. The molecule has 36 heavy (non-hydrogen) atoms. The van der Waals surface area contributed by atoms with E-state index >= 15 is 0 Å². The quantitative estimate of drug-likeness (QED) is 0.415. The number of nitrogens with one attached hydrogen (secondary N) is 1. The minimum Gasteiger partial charge on any atom is -0.382 e. The largest absolute Gasteiger partial charge is 0.382 e. The first-order chi connectivity index (χ1) is 17.1. The van der Waals surface area contributed by atoms with Crippen LogP contribution in [0.25, 0.3) is 0 Å². The van der Waals surface area contributed by atoms with Crippen LogP contribution >= 0.6 is 34.7 Å². The molecule has 0 amide bonds. The Kier molecular flexibility index (Phi) is 6.92. The Bertz CT molecular complexity index is 1300. The van der Waals surface area contributed by atoms with Crippen molar-refractivity contribution >= 4 is 63.1 Å². The first-order valence-electron chi connectivity index (χ1n) is 11.6.